The monoisotopic (exact) mass is 512 g/mol. The highest BCUT2D eigenvalue weighted by Gasteiger charge is 2.40. The summed E-state index contributed by atoms with van der Waals surface area (Å²) in [4.78, 5) is 29.0. The number of benzene rings is 1. The van der Waals surface area contributed by atoms with Crippen molar-refractivity contribution in [3.63, 3.8) is 0 Å². The third-order valence-corrected chi connectivity index (χ3v) is 8.79. The summed E-state index contributed by atoms with van der Waals surface area (Å²) in [7, 11) is 3.30. The fourth-order valence-electron chi connectivity index (χ4n) is 6.50. The Morgan fingerprint density at radius 2 is 1.78 bits per heavy atom. The number of amides is 1. The number of piperidine rings is 1. The maximum atomic E-state index is 11.7. The molecular weight excluding hydrogens is 476 g/mol. The number of rotatable bonds is 5. The molecule has 2 aromatic rings. The summed E-state index contributed by atoms with van der Waals surface area (Å²) in [5.41, 5.74) is 2.84. The van der Waals surface area contributed by atoms with Crippen LogP contribution < -0.4 is 9.64 Å². The van der Waals surface area contributed by atoms with Gasteiger partial charge in [-0.2, -0.15) is 5.10 Å². The van der Waals surface area contributed by atoms with Crippen LogP contribution in [-0.2, 0) is 7.05 Å². The molecule has 1 aromatic heterocycles. The number of anilines is 1. The van der Waals surface area contributed by atoms with Crippen molar-refractivity contribution in [2.75, 3.05) is 51.3 Å². The van der Waals surface area contributed by atoms with E-state index in [0.29, 0.717) is 24.5 Å². The molecule has 5 rings (SSSR count). The molecule has 0 atom stereocenters. The van der Waals surface area contributed by atoms with E-state index in [1.807, 2.05) is 13.2 Å². The molecule has 0 radical (unpaired) electrons. The molecule has 0 unspecified atom stereocenters. The highest BCUT2D eigenvalue weighted by Crippen LogP contribution is 2.46. The molecule has 200 valence electrons. The molecule has 3 aliphatic rings. The van der Waals surface area contributed by atoms with Gasteiger partial charge in [0.2, 0.25) is 0 Å². The SMILES string of the molecule is COc1cc(N2CCN(C3CCC4(CC3)CCN(C(=O)O)CC4)CC2)c(-c2cnn(C)c2)cc1[N+](=O)[O-]. The van der Waals surface area contributed by atoms with Gasteiger partial charge in [0.15, 0.2) is 5.75 Å². The highest BCUT2D eigenvalue weighted by atomic mass is 16.6. The van der Waals surface area contributed by atoms with Crippen LogP contribution in [0.2, 0.25) is 0 Å². The summed E-state index contributed by atoms with van der Waals surface area (Å²) >= 11 is 0. The zero-order chi connectivity index (χ0) is 26.2. The molecule has 3 fully saturated rings. The van der Waals surface area contributed by atoms with Gasteiger partial charge in [0, 0.05) is 87.5 Å². The molecule has 1 saturated carbocycles. The quantitative estimate of drug-likeness (QED) is 0.475. The number of likely N-dealkylation sites (tertiary alicyclic amines) is 1. The molecule has 1 spiro atoms. The topological polar surface area (TPSA) is 117 Å². The third kappa shape index (κ3) is 5.09. The minimum absolute atomic E-state index is 0.0472. The summed E-state index contributed by atoms with van der Waals surface area (Å²) in [5.74, 6) is 0.265. The average Bonchev–Trinajstić information content (AvgIpc) is 3.34. The van der Waals surface area contributed by atoms with E-state index in [4.69, 9.17) is 4.74 Å². The lowest BCUT2D eigenvalue weighted by molar-refractivity contribution is -0.385. The molecule has 11 nitrogen and oxygen atoms in total. The zero-order valence-corrected chi connectivity index (χ0v) is 21.6. The van der Waals surface area contributed by atoms with Gasteiger partial charge in [0.05, 0.1) is 18.2 Å². The molecule has 1 N–H and O–H groups in total. The number of hydrogen-bond acceptors (Lipinski definition) is 7. The predicted octanol–water partition coefficient (Wildman–Crippen LogP) is 3.83. The van der Waals surface area contributed by atoms with E-state index in [2.05, 4.69) is 14.9 Å². The summed E-state index contributed by atoms with van der Waals surface area (Å²) in [5, 5.41) is 25.2. The van der Waals surface area contributed by atoms with Crippen LogP contribution in [0.4, 0.5) is 16.2 Å². The van der Waals surface area contributed by atoms with Crippen LogP contribution in [0.3, 0.4) is 0 Å². The number of piperazine rings is 1. The lowest BCUT2D eigenvalue weighted by Crippen LogP contribution is -2.52. The van der Waals surface area contributed by atoms with E-state index in [1.54, 1.807) is 27.9 Å². The minimum atomic E-state index is -0.793. The van der Waals surface area contributed by atoms with Crippen LogP contribution in [0.1, 0.15) is 38.5 Å². The molecule has 1 aromatic carbocycles. The van der Waals surface area contributed by atoms with Crippen LogP contribution in [0.5, 0.6) is 5.75 Å². The Labute approximate surface area is 216 Å². The van der Waals surface area contributed by atoms with E-state index in [1.165, 1.54) is 32.8 Å². The first-order valence-corrected chi connectivity index (χ1v) is 13.1. The van der Waals surface area contributed by atoms with Gasteiger partial charge in [-0.1, -0.05) is 0 Å². The number of carboxylic acid groups (broad SMARTS) is 1. The number of nitro benzene ring substituents is 1. The van der Waals surface area contributed by atoms with Crippen LogP contribution in [-0.4, -0.2) is 88.1 Å². The smallest absolute Gasteiger partial charge is 0.407 e. The Morgan fingerprint density at radius 1 is 1.11 bits per heavy atom. The van der Waals surface area contributed by atoms with E-state index in [9.17, 15) is 20.0 Å². The van der Waals surface area contributed by atoms with E-state index < -0.39 is 11.0 Å². The summed E-state index contributed by atoms with van der Waals surface area (Å²) < 4.78 is 7.09. The Hall–Kier alpha value is -3.34. The van der Waals surface area contributed by atoms with E-state index >= 15 is 0 Å². The molecule has 11 heteroatoms. The first kappa shape index (κ1) is 25.3. The number of methoxy groups -OCH3 is 1. The van der Waals surface area contributed by atoms with Crippen molar-refractivity contribution in [1.29, 1.82) is 0 Å². The molecule has 0 bridgehead atoms. The van der Waals surface area contributed by atoms with Gasteiger partial charge < -0.3 is 19.6 Å². The summed E-state index contributed by atoms with van der Waals surface area (Å²) in [6.07, 6.45) is 9.48. The molecule has 2 aliphatic heterocycles. The van der Waals surface area contributed by atoms with Crippen LogP contribution in [0.25, 0.3) is 11.1 Å². The predicted molar refractivity (Wildman–Crippen MR) is 139 cm³/mol. The van der Waals surface area contributed by atoms with Gasteiger partial charge in [-0.3, -0.25) is 19.7 Å². The number of nitrogens with zero attached hydrogens (tertiary/aromatic N) is 6. The lowest BCUT2D eigenvalue weighted by atomic mass is 9.66. The Balaban J connectivity index is 1.25. The second-order valence-electron chi connectivity index (χ2n) is 10.7. The first-order valence-electron chi connectivity index (χ1n) is 13.1. The molecule has 2 saturated heterocycles. The number of aryl methyl sites for hydroxylation is 1. The van der Waals surface area contributed by atoms with Crippen LogP contribution in [0, 0.1) is 15.5 Å². The minimum Gasteiger partial charge on any atom is -0.490 e. The third-order valence-electron chi connectivity index (χ3n) is 8.79. The first-order chi connectivity index (χ1) is 17.8. The maximum Gasteiger partial charge on any atom is 0.407 e. The number of nitro groups is 1. The van der Waals surface area contributed by atoms with Crippen molar-refractivity contribution >= 4 is 17.5 Å². The van der Waals surface area contributed by atoms with Gasteiger partial charge in [0.25, 0.3) is 0 Å². The largest absolute Gasteiger partial charge is 0.490 e. The van der Waals surface area contributed by atoms with Crippen LogP contribution >= 0.6 is 0 Å². The zero-order valence-electron chi connectivity index (χ0n) is 21.6. The molecule has 37 heavy (non-hydrogen) atoms. The Kier molecular flexibility index (Phi) is 6.98. The summed E-state index contributed by atoms with van der Waals surface area (Å²) in [6, 6.07) is 3.96. The van der Waals surface area contributed by atoms with Gasteiger partial charge in [-0.15, -0.1) is 0 Å². The van der Waals surface area contributed by atoms with Crippen molar-refractivity contribution in [2.24, 2.45) is 12.5 Å². The van der Waals surface area contributed by atoms with E-state index in [0.717, 1.165) is 55.8 Å². The highest BCUT2D eigenvalue weighted by molar-refractivity contribution is 5.82. The van der Waals surface area contributed by atoms with Gasteiger partial charge in [0.1, 0.15) is 0 Å². The van der Waals surface area contributed by atoms with Crippen LogP contribution in [0.15, 0.2) is 24.5 Å². The van der Waals surface area contributed by atoms with Crippen molar-refractivity contribution in [1.82, 2.24) is 19.6 Å². The van der Waals surface area contributed by atoms with Crippen molar-refractivity contribution in [3.05, 3.63) is 34.6 Å². The average molecular weight is 513 g/mol. The van der Waals surface area contributed by atoms with Gasteiger partial charge in [-0.25, -0.2) is 4.79 Å². The number of carbonyl (C=O) groups is 1. The second kappa shape index (κ2) is 10.2. The summed E-state index contributed by atoms with van der Waals surface area (Å²) in [6.45, 7) is 4.88. The molecule has 1 aliphatic carbocycles. The van der Waals surface area contributed by atoms with Gasteiger partial charge >= 0.3 is 11.8 Å². The van der Waals surface area contributed by atoms with Crippen molar-refractivity contribution in [2.45, 2.75) is 44.6 Å². The molecular formula is C26H36N6O5. The Morgan fingerprint density at radius 3 is 2.32 bits per heavy atom. The Bertz CT molecular complexity index is 1140. The fraction of sp³-hybridized carbons (Fsp3) is 0.615. The second-order valence-corrected chi connectivity index (χ2v) is 10.7. The van der Waals surface area contributed by atoms with Crippen molar-refractivity contribution in [3.8, 4) is 16.9 Å². The maximum absolute atomic E-state index is 11.7. The van der Waals surface area contributed by atoms with E-state index in [-0.39, 0.29) is 11.4 Å². The number of ether oxygens (including phenoxy) is 1. The standard InChI is InChI=1S/C26H36N6O5/c1-28-18-19(17-27-28)21-15-23(32(35)36)24(37-2)16-22(21)30-13-11-29(12-14-30)20-3-5-26(6-4-20)7-9-31(10-8-26)25(33)34/h15-18,20H,3-14H2,1-2H3,(H,33,34). The lowest BCUT2D eigenvalue weighted by Gasteiger charge is -2.48. The molecule has 3 heterocycles. The fourth-order valence-corrected chi connectivity index (χ4v) is 6.50. The van der Waals surface area contributed by atoms with Gasteiger partial charge in [-0.05, 0) is 43.9 Å². The normalized spacial score (nSPS) is 20.8. The molecule has 1 amide bonds. The number of aromatic nitrogens is 2. The van der Waals surface area contributed by atoms with Crippen molar-refractivity contribution < 1.29 is 19.6 Å². The number of hydrogen-bond donors (Lipinski definition) is 1.